The van der Waals surface area contributed by atoms with E-state index >= 15 is 0 Å². The van der Waals surface area contributed by atoms with Crippen LogP contribution in [0.2, 0.25) is 0 Å². The Labute approximate surface area is 178 Å². The van der Waals surface area contributed by atoms with Crippen LogP contribution in [0.15, 0.2) is 35.3 Å². The molecule has 5 N–H and O–H groups in total. The molecule has 10 nitrogen and oxygen atoms in total. The van der Waals surface area contributed by atoms with E-state index in [0.717, 1.165) is 18.3 Å². The molecule has 13 heteroatoms. The molecule has 1 aromatic carbocycles. The fourth-order valence-corrected chi connectivity index (χ4v) is 2.53. The summed E-state index contributed by atoms with van der Waals surface area (Å²) in [4.78, 5) is 52.8. The molecule has 0 saturated heterocycles. The van der Waals surface area contributed by atoms with E-state index < -0.39 is 64.7 Å². The maximum absolute atomic E-state index is 12.7. The second kappa shape index (κ2) is 9.18. The number of benzene rings is 1. The second-order valence-electron chi connectivity index (χ2n) is 7.19. The van der Waals surface area contributed by atoms with Crippen LogP contribution in [-0.4, -0.2) is 50.6 Å². The van der Waals surface area contributed by atoms with Gasteiger partial charge in [0.15, 0.2) is 11.9 Å². The summed E-state index contributed by atoms with van der Waals surface area (Å²) in [7, 11) is 0. The van der Waals surface area contributed by atoms with Crippen molar-refractivity contribution in [1.29, 1.82) is 0 Å². The fraction of sp³-hybridized carbons (Fsp3) is 0.316. The van der Waals surface area contributed by atoms with Gasteiger partial charge in [0.2, 0.25) is 0 Å². The number of aromatic amines is 1. The van der Waals surface area contributed by atoms with Crippen LogP contribution in [0, 0.1) is 0 Å². The molecular formula is C19H19F3N4O6. The number of carboxylic acid groups (broad SMARTS) is 1. The lowest BCUT2D eigenvalue weighted by Crippen LogP contribution is -2.43. The van der Waals surface area contributed by atoms with Crippen LogP contribution < -0.4 is 16.2 Å². The van der Waals surface area contributed by atoms with Crippen LogP contribution in [0.3, 0.4) is 0 Å². The van der Waals surface area contributed by atoms with E-state index in [1.165, 1.54) is 26.0 Å². The van der Waals surface area contributed by atoms with Crippen LogP contribution in [0.1, 0.15) is 46.0 Å². The third-order valence-corrected chi connectivity index (χ3v) is 4.36. The molecule has 32 heavy (non-hydrogen) atoms. The average Bonchev–Trinajstić information content (AvgIpc) is 2.70. The number of hydrogen-bond donors (Lipinski definition) is 5. The maximum Gasteiger partial charge on any atom is 0.416 e. The molecule has 1 heterocycles. The number of rotatable bonds is 7. The minimum atomic E-state index is -4.51. The number of alkyl halides is 3. The molecule has 2 amide bonds. The molecule has 2 aromatic rings. The molecule has 0 spiro atoms. The number of carbonyl (C=O) groups is 3. The van der Waals surface area contributed by atoms with E-state index in [1.807, 2.05) is 5.32 Å². The third-order valence-electron chi connectivity index (χ3n) is 4.36. The maximum atomic E-state index is 12.7. The number of carboxylic acids is 1. The summed E-state index contributed by atoms with van der Waals surface area (Å²) < 4.78 is 38.2. The molecule has 1 aromatic heterocycles. The first kappa shape index (κ1) is 24.5. The summed E-state index contributed by atoms with van der Waals surface area (Å²) in [6.07, 6.45) is -5.55. The topological polar surface area (TPSA) is 161 Å². The summed E-state index contributed by atoms with van der Waals surface area (Å²) in [6.45, 7) is 2.40. The van der Waals surface area contributed by atoms with Crippen LogP contribution in [0.5, 0.6) is 0 Å². The summed E-state index contributed by atoms with van der Waals surface area (Å²) in [5, 5.41) is 22.3. The fourth-order valence-electron chi connectivity index (χ4n) is 2.53. The molecule has 0 aliphatic rings. The first-order chi connectivity index (χ1) is 14.7. The highest BCUT2D eigenvalue weighted by Crippen LogP contribution is 2.30. The van der Waals surface area contributed by atoms with Gasteiger partial charge < -0.3 is 25.8 Å². The van der Waals surface area contributed by atoms with E-state index in [2.05, 4.69) is 15.3 Å². The van der Waals surface area contributed by atoms with Crippen LogP contribution in [0.4, 0.5) is 13.2 Å². The monoisotopic (exact) mass is 456 g/mol. The lowest BCUT2D eigenvalue weighted by Gasteiger charge is -2.27. The quantitative estimate of drug-likeness (QED) is 0.408. The first-order valence-electron chi connectivity index (χ1n) is 9.01. The van der Waals surface area contributed by atoms with E-state index in [4.69, 9.17) is 10.2 Å². The summed E-state index contributed by atoms with van der Waals surface area (Å²) in [6, 6.07) is 4.13. The van der Waals surface area contributed by atoms with Crippen molar-refractivity contribution in [2.24, 2.45) is 0 Å². The summed E-state index contributed by atoms with van der Waals surface area (Å²) in [5.74, 6) is -3.96. The minimum absolute atomic E-state index is 0.344. The predicted octanol–water partition coefficient (Wildman–Crippen LogP) is 0.629. The number of aliphatic hydroxyl groups is 1. The number of aromatic nitrogens is 2. The molecule has 2 rings (SSSR count). The van der Waals surface area contributed by atoms with Gasteiger partial charge >= 0.3 is 12.1 Å². The molecule has 1 atom stereocenters. The number of nitrogens with one attached hydrogen (secondary N) is 3. The Balaban J connectivity index is 2.13. The molecule has 0 fully saturated rings. The van der Waals surface area contributed by atoms with E-state index in [-0.39, 0.29) is 0 Å². The van der Waals surface area contributed by atoms with E-state index in [0.29, 0.717) is 5.56 Å². The number of amides is 2. The number of aliphatic hydroxyl groups excluding tert-OH is 1. The average molecular weight is 456 g/mol. The van der Waals surface area contributed by atoms with Crippen molar-refractivity contribution >= 4 is 17.8 Å². The van der Waals surface area contributed by atoms with Crippen molar-refractivity contribution in [2.45, 2.75) is 31.7 Å². The van der Waals surface area contributed by atoms with Crippen molar-refractivity contribution in [3.63, 3.8) is 0 Å². The second-order valence-corrected chi connectivity index (χ2v) is 7.19. The van der Waals surface area contributed by atoms with Crippen LogP contribution in [0.25, 0.3) is 0 Å². The first-order valence-corrected chi connectivity index (χ1v) is 9.01. The molecular weight excluding hydrogens is 437 g/mol. The van der Waals surface area contributed by atoms with Gasteiger partial charge in [-0.15, -0.1) is 0 Å². The Bertz CT molecular complexity index is 1080. The normalized spacial score (nSPS) is 12.7. The largest absolute Gasteiger partial charge is 0.479 e. The van der Waals surface area contributed by atoms with E-state index in [9.17, 15) is 32.3 Å². The number of hydrogen-bond acceptors (Lipinski definition) is 6. The molecule has 172 valence electrons. The van der Waals surface area contributed by atoms with Gasteiger partial charge in [-0.2, -0.15) is 13.2 Å². The van der Waals surface area contributed by atoms with Crippen molar-refractivity contribution in [3.05, 3.63) is 63.3 Å². The lowest BCUT2D eigenvalue weighted by molar-refractivity contribution is -0.146. The lowest BCUT2D eigenvalue weighted by atomic mass is 9.93. The Morgan fingerprint density at radius 3 is 2.16 bits per heavy atom. The zero-order valence-corrected chi connectivity index (χ0v) is 16.8. The number of carbonyl (C=O) groups excluding carboxylic acids is 2. The Morgan fingerprint density at radius 2 is 1.66 bits per heavy atom. The molecule has 0 aliphatic carbocycles. The number of halogens is 3. The van der Waals surface area contributed by atoms with Crippen molar-refractivity contribution in [1.82, 2.24) is 20.6 Å². The van der Waals surface area contributed by atoms with Crippen LogP contribution >= 0.6 is 0 Å². The molecule has 0 saturated carbocycles. The highest BCUT2D eigenvalue weighted by Gasteiger charge is 2.31. The van der Waals surface area contributed by atoms with Gasteiger partial charge in [0.1, 0.15) is 5.56 Å². The van der Waals surface area contributed by atoms with Gasteiger partial charge in [0.05, 0.1) is 17.6 Å². The van der Waals surface area contributed by atoms with Crippen molar-refractivity contribution in [2.75, 3.05) is 6.54 Å². The van der Waals surface area contributed by atoms with Gasteiger partial charge in [-0.25, -0.2) is 9.78 Å². The van der Waals surface area contributed by atoms with Crippen LogP contribution in [-0.2, 0) is 16.5 Å². The van der Waals surface area contributed by atoms with Gasteiger partial charge in [-0.05, 0) is 31.5 Å². The zero-order chi connectivity index (χ0) is 24.3. The Kier molecular flexibility index (Phi) is 7.03. The number of H-pyrrole nitrogens is 1. The molecule has 0 bridgehead atoms. The highest BCUT2D eigenvalue weighted by atomic mass is 19.4. The SMILES string of the molecule is CC(C)(NC(=O)c1cnc(C(=O)NCC(O)C(=O)O)[nH]c1=O)c1ccc(C(F)(F)F)cc1. The minimum Gasteiger partial charge on any atom is -0.479 e. The molecule has 0 aliphatic heterocycles. The van der Waals surface area contributed by atoms with Gasteiger partial charge in [-0.3, -0.25) is 14.4 Å². The highest BCUT2D eigenvalue weighted by molar-refractivity contribution is 5.95. The Hall–Kier alpha value is -3.74. The predicted molar refractivity (Wildman–Crippen MR) is 103 cm³/mol. The smallest absolute Gasteiger partial charge is 0.416 e. The molecule has 0 radical (unpaired) electrons. The van der Waals surface area contributed by atoms with E-state index in [1.54, 1.807) is 0 Å². The van der Waals surface area contributed by atoms with Gasteiger partial charge in [-0.1, -0.05) is 12.1 Å². The van der Waals surface area contributed by atoms with Crippen molar-refractivity contribution in [3.8, 4) is 0 Å². The third kappa shape index (κ3) is 5.91. The number of aliphatic carboxylic acids is 1. The number of nitrogens with zero attached hydrogens (tertiary/aromatic N) is 1. The standard InChI is InChI=1S/C19H19F3N4O6/c1-18(2,9-3-5-10(6-4-9)19(20,21)22)26-15(29)11-7-23-13(25-14(11)28)16(30)24-8-12(27)17(31)32/h3-7,12,27H,8H2,1-2H3,(H,24,30)(H,26,29)(H,31,32)(H,23,25,28). The Morgan fingerprint density at radius 1 is 1.09 bits per heavy atom. The molecule has 1 unspecified atom stereocenters. The van der Waals surface area contributed by atoms with Gasteiger partial charge in [0.25, 0.3) is 17.4 Å². The van der Waals surface area contributed by atoms with Crippen molar-refractivity contribution < 1.29 is 37.8 Å². The summed E-state index contributed by atoms with van der Waals surface area (Å²) in [5.41, 5.74) is -3.11. The zero-order valence-electron chi connectivity index (χ0n) is 16.8. The summed E-state index contributed by atoms with van der Waals surface area (Å²) >= 11 is 0. The van der Waals surface area contributed by atoms with Gasteiger partial charge in [0, 0.05) is 6.20 Å².